The summed E-state index contributed by atoms with van der Waals surface area (Å²) in [4.78, 5) is 28.7. The first-order valence-corrected chi connectivity index (χ1v) is 9.42. The van der Waals surface area contributed by atoms with Crippen LogP contribution in [0.15, 0.2) is 30.3 Å². The summed E-state index contributed by atoms with van der Waals surface area (Å²) in [6.45, 7) is 2.43. The van der Waals surface area contributed by atoms with Crippen LogP contribution in [0.2, 0.25) is 0 Å². The smallest absolute Gasteiger partial charge is 0.265 e. The number of nitrogens with zero attached hydrogens (tertiary/aromatic N) is 1. The third-order valence-corrected chi connectivity index (χ3v) is 5.89. The lowest BCUT2D eigenvalue weighted by atomic mass is 10.1. The molecule has 0 bridgehead atoms. The first-order valence-electron chi connectivity index (χ1n) is 8.61. The van der Waals surface area contributed by atoms with Crippen molar-refractivity contribution >= 4 is 28.8 Å². The molecule has 4 rings (SSSR count). The average Bonchev–Trinajstić information content (AvgIpc) is 3.24. The van der Waals surface area contributed by atoms with Gasteiger partial charge in [0.15, 0.2) is 0 Å². The number of rotatable bonds is 3. The number of thiophene rings is 1. The van der Waals surface area contributed by atoms with Gasteiger partial charge in [0.1, 0.15) is 0 Å². The molecular weight excluding hydrogens is 336 g/mol. The average molecular weight is 356 g/mol. The monoisotopic (exact) mass is 356 g/mol. The molecule has 0 radical (unpaired) electrons. The van der Waals surface area contributed by atoms with E-state index in [1.807, 2.05) is 6.07 Å². The van der Waals surface area contributed by atoms with Crippen LogP contribution in [0.5, 0.6) is 0 Å². The molecule has 25 heavy (non-hydrogen) atoms. The molecule has 0 spiro atoms. The van der Waals surface area contributed by atoms with Gasteiger partial charge in [0.25, 0.3) is 11.8 Å². The molecule has 5 nitrogen and oxygen atoms in total. The number of fused-ring (bicyclic) bond motifs is 1. The SMILES string of the molecule is O=C(Nc1ccc(C(=O)N2CCOCC2)cc1)c1cc2c(s1)CCC2. The standard InChI is InChI=1S/C19H20N2O3S/c22-18(17-12-14-2-1-3-16(14)25-17)20-15-6-4-13(5-7-15)19(23)21-8-10-24-11-9-21/h4-7,12H,1-3,8-11H2,(H,20,22). The van der Waals surface area contributed by atoms with E-state index in [2.05, 4.69) is 5.32 Å². The van der Waals surface area contributed by atoms with Crippen molar-refractivity contribution in [2.24, 2.45) is 0 Å². The summed E-state index contributed by atoms with van der Waals surface area (Å²) in [7, 11) is 0. The number of benzene rings is 1. The van der Waals surface area contributed by atoms with Crippen LogP contribution in [0.4, 0.5) is 5.69 Å². The minimum atomic E-state index is -0.0772. The molecule has 0 atom stereocenters. The highest BCUT2D eigenvalue weighted by atomic mass is 32.1. The maximum Gasteiger partial charge on any atom is 0.265 e. The summed E-state index contributed by atoms with van der Waals surface area (Å²) in [6, 6.07) is 9.11. The topological polar surface area (TPSA) is 58.6 Å². The lowest BCUT2D eigenvalue weighted by Crippen LogP contribution is -2.40. The van der Waals surface area contributed by atoms with E-state index in [4.69, 9.17) is 4.74 Å². The quantitative estimate of drug-likeness (QED) is 0.920. The number of ether oxygens (including phenoxy) is 1. The summed E-state index contributed by atoms with van der Waals surface area (Å²) in [5.41, 5.74) is 2.66. The maximum absolute atomic E-state index is 12.4. The maximum atomic E-state index is 12.4. The van der Waals surface area contributed by atoms with Gasteiger partial charge in [-0.15, -0.1) is 11.3 Å². The number of hydrogen-bond donors (Lipinski definition) is 1. The molecule has 2 aromatic rings. The number of aryl methyl sites for hydroxylation is 2. The zero-order valence-corrected chi connectivity index (χ0v) is 14.7. The Morgan fingerprint density at radius 3 is 2.56 bits per heavy atom. The Kier molecular flexibility index (Phi) is 4.55. The highest BCUT2D eigenvalue weighted by Gasteiger charge is 2.20. The van der Waals surface area contributed by atoms with Gasteiger partial charge in [-0.1, -0.05) is 0 Å². The number of anilines is 1. The van der Waals surface area contributed by atoms with Crippen molar-refractivity contribution in [3.8, 4) is 0 Å². The molecule has 0 unspecified atom stereocenters. The van der Waals surface area contributed by atoms with E-state index in [0.717, 1.165) is 17.7 Å². The fraction of sp³-hybridized carbons (Fsp3) is 0.368. The van der Waals surface area contributed by atoms with Gasteiger partial charge in [-0.2, -0.15) is 0 Å². The van der Waals surface area contributed by atoms with E-state index >= 15 is 0 Å². The molecule has 1 aromatic carbocycles. The van der Waals surface area contributed by atoms with E-state index in [1.54, 1.807) is 40.5 Å². The molecule has 1 aromatic heterocycles. The van der Waals surface area contributed by atoms with Crippen LogP contribution in [-0.2, 0) is 17.6 Å². The van der Waals surface area contributed by atoms with Crippen LogP contribution in [0.1, 0.15) is 36.9 Å². The Bertz CT molecular complexity index is 770. The zero-order valence-electron chi connectivity index (χ0n) is 13.9. The summed E-state index contributed by atoms with van der Waals surface area (Å²) in [6.07, 6.45) is 3.37. The lowest BCUT2D eigenvalue weighted by Gasteiger charge is -2.26. The van der Waals surface area contributed by atoms with Gasteiger partial charge >= 0.3 is 0 Å². The summed E-state index contributed by atoms with van der Waals surface area (Å²) in [5.74, 6) is -0.0671. The second kappa shape index (κ2) is 6.98. The van der Waals surface area contributed by atoms with Crippen LogP contribution >= 0.6 is 11.3 Å². The number of amides is 2. The Morgan fingerprint density at radius 1 is 1.08 bits per heavy atom. The Balaban J connectivity index is 1.41. The Labute approximate surface area is 150 Å². The number of carbonyl (C=O) groups excluding carboxylic acids is 2. The molecule has 2 amide bonds. The van der Waals surface area contributed by atoms with Crippen molar-refractivity contribution in [3.63, 3.8) is 0 Å². The molecule has 1 saturated heterocycles. The Hall–Kier alpha value is -2.18. The fourth-order valence-corrected chi connectivity index (χ4v) is 4.43. The van der Waals surface area contributed by atoms with E-state index in [1.165, 1.54) is 16.9 Å². The van der Waals surface area contributed by atoms with Gasteiger partial charge < -0.3 is 15.0 Å². The number of carbonyl (C=O) groups is 2. The molecule has 1 aliphatic carbocycles. The second-order valence-corrected chi connectivity index (χ2v) is 7.49. The largest absolute Gasteiger partial charge is 0.378 e. The molecule has 1 fully saturated rings. The van der Waals surface area contributed by atoms with Crippen molar-refractivity contribution in [1.82, 2.24) is 4.90 Å². The van der Waals surface area contributed by atoms with Gasteiger partial charge in [0.2, 0.25) is 0 Å². The molecule has 0 saturated carbocycles. The molecule has 130 valence electrons. The number of hydrogen-bond acceptors (Lipinski definition) is 4. The number of morpholine rings is 1. The predicted molar refractivity (Wildman–Crippen MR) is 97.5 cm³/mol. The Morgan fingerprint density at radius 2 is 1.84 bits per heavy atom. The van der Waals surface area contributed by atoms with Gasteiger partial charge in [-0.05, 0) is 55.2 Å². The van der Waals surface area contributed by atoms with Crippen molar-refractivity contribution in [2.45, 2.75) is 19.3 Å². The molecule has 2 heterocycles. The summed E-state index contributed by atoms with van der Waals surface area (Å²) in [5, 5.41) is 2.92. The van der Waals surface area contributed by atoms with E-state index in [9.17, 15) is 9.59 Å². The predicted octanol–water partition coefficient (Wildman–Crippen LogP) is 2.96. The highest BCUT2D eigenvalue weighted by Crippen LogP contribution is 2.31. The third-order valence-electron chi connectivity index (χ3n) is 4.66. The van der Waals surface area contributed by atoms with Gasteiger partial charge in [0, 0.05) is 29.2 Å². The normalized spacial score (nSPS) is 16.6. The number of nitrogens with one attached hydrogen (secondary N) is 1. The first-order chi connectivity index (χ1) is 12.2. The van der Waals surface area contributed by atoms with Crippen molar-refractivity contribution in [1.29, 1.82) is 0 Å². The minimum absolute atomic E-state index is 0.0101. The minimum Gasteiger partial charge on any atom is -0.378 e. The van der Waals surface area contributed by atoms with Crippen LogP contribution in [0.3, 0.4) is 0 Å². The van der Waals surface area contributed by atoms with E-state index < -0.39 is 0 Å². The van der Waals surface area contributed by atoms with Crippen LogP contribution in [-0.4, -0.2) is 43.0 Å². The van der Waals surface area contributed by atoms with E-state index in [-0.39, 0.29) is 11.8 Å². The van der Waals surface area contributed by atoms with Crippen molar-refractivity contribution < 1.29 is 14.3 Å². The summed E-state index contributed by atoms with van der Waals surface area (Å²) >= 11 is 1.59. The van der Waals surface area contributed by atoms with Crippen LogP contribution in [0.25, 0.3) is 0 Å². The first kappa shape index (κ1) is 16.3. The van der Waals surface area contributed by atoms with E-state index in [0.29, 0.717) is 37.6 Å². The van der Waals surface area contributed by atoms with Crippen molar-refractivity contribution in [2.75, 3.05) is 31.6 Å². The molecule has 1 N–H and O–H groups in total. The molecule has 2 aliphatic rings. The van der Waals surface area contributed by atoms with Crippen LogP contribution < -0.4 is 5.32 Å². The van der Waals surface area contributed by atoms with Gasteiger partial charge in [-0.3, -0.25) is 9.59 Å². The highest BCUT2D eigenvalue weighted by molar-refractivity contribution is 7.14. The van der Waals surface area contributed by atoms with Gasteiger partial charge in [-0.25, -0.2) is 0 Å². The lowest BCUT2D eigenvalue weighted by molar-refractivity contribution is 0.0303. The molecule has 1 aliphatic heterocycles. The zero-order chi connectivity index (χ0) is 17.2. The van der Waals surface area contributed by atoms with Crippen molar-refractivity contribution in [3.05, 3.63) is 51.2 Å². The summed E-state index contributed by atoms with van der Waals surface area (Å²) < 4.78 is 5.27. The van der Waals surface area contributed by atoms with Crippen LogP contribution in [0, 0.1) is 0 Å². The third kappa shape index (κ3) is 3.45. The molecular formula is C19H20N2O3S. The molecule has 6 heteroatoms. The van der Waals surface area contributed by atoms with Gasteiger partial charge in [0.05, 0.1) is 18.1 Å². The second-order valence-electron chi connectivity index (χ2n) is 6.35. The fourth-order valence-electron chi connectivity index (χ4n) is 3.28.